The highest BCUT2D eigenvalue weighted by atomic mass is 16.6. The number of hydrogen-bond donors (Lipinski definition) is 1. The summed E-state index contributed by atoms with van der Waals surface area (Å²) in [6.07, 6.45) is 1.59. The van der Waals surface area contributed by atoms with Crippen LogP contribution in [0.5, 0.6) is 0 Å². The van der Waals surface area contributed by atoms with Crippen molar-refractivity contribution in [1.82, 2.24) is 9.97 Å². The van der Waals surface area contributed by atoms with Crippen LogP contribution in [0, 0.1) is 10.1 Å². The number of ether oxygens (including phenoxy) is 2. The van der Waals surface area contributed by atoms with Crippen LogP contribution in [0.3, 0.4) is 0 Å². The number of hydrogen-bond acceptors (Lipinski definition) is 10. The van der Waals surface area contributed by atoms with Crippen LogP contribution in [0.2, 0.25) is 0 Å². The molecule has 0 radical (unpaired) electrons. The van der Waals surface area contributed by atoms with Crippen molar-refractivity contribution >= 4 is 29.5 Å². The maximum absolute atomic E-state index is 10.8. The second kappa shape index (κ2) is 9.46. The number of nitrogens with zero attached hydrogens (tertiary/aromatic N) is 6. The molecule has 4 rings (SSSR count). The van der Waals surface area contributed by atoms with Crippen LogP contribution in [0.4, 0.5) is 23.3 Å². The van der Waals surface area contributed by atoms with Crippen molar-refractivity contribution in [2.75, 3.05) is 67.8 Å². The molecule has 0 unspecified atom stereocenters. The fourth-order valence-electron chi connectivity index (χ4n) is 3.19. The molecule has 11 heteroatoms. The molecule has 30 heavy (non-hydrogen) atoms. The molecule has 1 aromatic carbocycles. The van der Waals surface area contributed by atoms with Gasteiger partial charge in [-0.1, -0.05) is 0 Å². The van der Waals surface area contributed by atoms with E-state index in [9.17, 15) is 10.1 Å². The molecule has 0 spiro atoms. The molecule has 0 amide bonds. The Kier molecular flexibility index (Phi) is 6.30. The lowest BCUT2D eigenvalue weighted by atomic mass is 10.2. The Labute approximate surface area is 173 Å². The summed E-state index contributed by atoms with van der Waals surface area (Å²) in [4.78, 5) is 23.9. The summed E-state index contributed by atoms with van der Waals surface area (Å²) in [5, 5.41) is 15.0. The quantitative estimate of drug-likeness (QED) is 0.427. The van der Waals surface area contributed by atoms with Gasteiger partial charge >= 0.3 is 0 Å². The van der Waals surface area contributed by atoms with Gasteiger partial charge in [0.2, 0.25) is 5.95 Å². The summed E-state index contributed by atoms with van der Waals surface area (Å²) in [5.74, 6) is 2.03. The third-order valence-corrected chi connectivity index (χ3v) is 4.83. The minimum atomic E-state index is -0.430. The predicted molar refractivity (Wildman–Crippen MR) is 112 cm³/mol. The van der Waals surface area contributed by atoms with E-state index in [1.165, 1.54) is 12.1 Å². The van der Waals surface area contributed by atoms with E-state index in [1.807, 2.05) is 6.07 Å². The van der Waals surface area contributed by atoms with Gasteiger partial charge in [0.15, 0.2) is 5.82 Å². The Bertz CT molecular complexity index is 858. The number of benzene rings is 1. The smallest absolute Gasteiger partial charge is 0.269 e. The minimum Gasteiger partial charge on any atom is -0.378 e. The van der Waals surface area contributed by atoms with Gasteiger partial charge in [-0.25, -0.2) is 0 Å². The average Bonchev–Trinajstić information content (AvgIpc) is 2.80. The van der Waals surface area contributed by atoms with E-state index < -0.39 is 4.92 Å². The molecule has 2 aliphatic heterocycles. The Morgan fingerprint density at radius 3 is 2.27 bits per heavy atom. The van der Waals surface area contributed by atoms with Crippen LogP contribution in [-0.2, 0) is 9.47 Å². The third-order valence-electron chi connectivity index (χ3n) is 4.83. The van der Waals surface area contributed by atoms with E-state index in [2.05, 4.69) is 25.3 Å². The summed E-state index contributed by atoms with van der Waals surface area (Å²) < 4.78 is 10.9. The van der Waals surface area contributed by atoms with E-state index in [1.54, 1.807) is 18.3 Å². The Hall–Kier alpha value is -3.31. The van der Waals surface area contributed by atoms with Gasteiger partial charge in [-0.05, 0) is 17.7 Å². The lowest BCUT2D eigenvalue weighted by Crippen LogP contribution is -2.39. The molecule has 2 saturated heterocycles. The highest BCUT2D eigenvalue weighted by molar-refractivity contribution is 5.80. The van der Waals surface area contributed by atoms with Crippen molar-refractivity contribution in [2.45, 2.75) is 0 Å². The molecule has 2 fully saturated rings. The predicted octanol–water partition coefficient (Wildman–Crippen LogP) is 1.50. The van der Waals surface area contributed by atoms with Gasteiger partial charge in [-0.15, -0.1) is 0 Å². The van der Waals surface area contributed by atoms with Gasteiger partial charge in [0.05, 0.1) is 37.6 Å². The van der Waals surface area contributed by atoms with Gasteiger partial charge < -0.3 is 19.3 Å². The van der Waals surface area contributed by atoms with Gasteiger partial charge in [-0.2, -0.15) is 15.1 Å². The summed E-state index contributed by atoms with van der Waals surface area (Å²) in [6, 6.07) is 8.03. The van der Waals surface area contributed by atoms with Gasteiger partial charge in [0.25, 0.3) is 5.69 Å². The topological polar surface area (TPSA) is 118 Å². The zero-order valence-corrected chi connectivity index (χ0v) is 16.4. The second-order valence-corrected chi connectivity index (χ2v) is 6.83. The fraction of sp³-hybridized carbons (Fsp3) is 0.421. The summed E-state index contributed by atoms with van der Waals surface area (Å²) >= 11 is 0. The maximum Gasteiger partial charge on any atom is 0.269 e. The Morgan fingerprint density at radius 1 is 1.00 bits per heavy atom. The Balaban J connectivity index is 1.52. The highest BCUT2D eigenvalue weighted by Gasteiger charge is 2.19. The molecule has 2 aromatic rings. The molecule has 3 heterocycles. The van der Waals surface area contributed by atoms with Gasteiger partial charge in [0.1, 0.15) is 5.82 Å². The molecule has 2 aliphatic rings. The van der Waals surface area contributed by atoms with Crippen molar-refractivity contribution in [3.05, 3.63) is 46.0 Å². The third kappa shape index (κ3) is 4.99. The lowest BCUT2D eigenvalue weighted by Gasteiger charge is -2.31. The van der Waals surface area contributed by atoms with Crippen molar-refractivity contribution in [2.24, 2.45) is 5.10 Å². The Morgan fingerprint density at radius 2 is 1.63 bits per heavy atom. The largest absolute Gasteiger partial charge is 0.378 e. The second-order valence-electron chi connectivity index (χ2n) is 6.83. The first-order valence-electron chi connectivity index (χ1n) is 9.77. The van der Waals surface area contributed by atoms with Crippen molar-refractivity contribution in [3.63, 3.8) is 0 Å². The normalized spacial score (nSPS) is 17.3. The molecule has 0 saturated carbocycles. The SMILES string of the molecule is O=[N+]([O-])c1ccc(C=NNc2cc(N3CCOCC3)nc(N3CCOCC3)n2)cc1. The number of aromatic nitrogens is 2. The van der Waals surface area contributed by atoms with Crippen molar-refractivity contribution in [1.29, 1.82) is 0 Å². The number of hydrazone groups is 1. The zero-order valence-electron chi connectivity index (χ0n) is 16.4. The molecule has 1 aromatic heterocycles. The number of non-ortho nitro benzene ring substituents is 1. The van der Waals surface area contributed by atoms with Crippen LogP contribution in [0.15, 0.2) is 35.4 Å². The van der Waals surface area contributed by atoms with Gasteiger partial charge in [-0.3, -0.25) is 15.5 Å². The molecule has 1 N–H and O–H groups in total. The molecule has 0 bridgehead atoms. The lowest BCUT2D eigenvalue weighted by molar-refractivity contribution is -0.384. The van der Waals surface area contributed by atoms with Gasteiger partial charge in [0, 0.05) is 44.4 Å². The van der Waals surface area contributed by atoms with E-state index >= 15 is 0 Å². The molecule has 11 nitrogen and oxygen atoms in total. The molecular formula is C19H23N7O4. The number of morpholine rings is 2. The van der Waals surface area contributed by atoms with Crippen LogP contribution < -0.4 is 15.2 Å². The molecular weight excluding hydrogens is 390 g/mol. The van der Waals surface area contributed by atoms with Crippen LogP contribution >= 0.6 is 0 Å². The number of nitro benzene ring substituents is 1. The fourth-order valence-corrected chi connectivity index (χ4v) is 3.19. The molecule has 0 aliphatic carbocycles. The van der Waals surface area contributed by atoms with Crippen LogP contribution in [0.25, 0.3) is 0 Å². The average molecular weight is 413 g/mol. The van der Waals surface area contributed by atoms with E-state index in [4.69, 9.17) is 14.5 Å². The van der Waals surface area contributed by atoms with Crippen molar-refractivity contribution in [3.8, 4) is 0 Å². The van der Waals surface area contributed by atoms with E-state index in [0.29, 0.717) is 38.2 Å². The summed E-state index contributed by atoms with van der Waals surface area (Å²) in [5.41, 5.74) is 3.74. The highest BCUT2D eigenvalue weighted by Crippen LogP contribution is 2.22. The monoisotopic (exact) mass is 413 g/mol. The first-order valence-corrected chi connectivity index (χ1v) is 9.77. The first-order chi connectivity index (χ1) is 14.7. The number of nitrogens with one attached hydrogen (secondary N) is 1. The minimum absolute atomic E-state index is 0.0428. The maximum atomic E-state index is 10.8. The summed E-state index contributed by atoms with van der Waals surface area (Å²) in [6.45, 7) is 5.63. The van der Waals surface area contributed by atoms with E-state index in [-0.39, 0.29) is 5.69 Å². The molecule has 0 atom stereocenters. The van der Waals surface area contributed by atoms with Crippen molar-refractivity contribution < 1.29 is 14.4 Å². The van der Waals surface area contributed by atoms with Crippen LogP contribution in [-0.4, -0.2) is 73.7 Å². The van der Waals surface area contributed by atoms with E-state index in [0.717, 1.165) is 37.6 Å². The van der Waals surface area contributed by atoms with Crippen LogP contribution in [0.1, 0.15) is 5.56 Å². The standard InChI is InChI=1S/C19H23N7O4/c27-26(28)16-3-1-15(2-4-16)14-20-23-17-13-18(24-5-9-29-10-6-24)22-19(21-17)25-7-11-30-12-8-25/h1-4,13-14H,5-12H2,(H,21,22,23). The zero-order chi connectivity index (χ0) is 20.8. The number of nitro groups is 1. The number of anilines is 3. The summed E-state index contributed by atoms with van der Waals surface area (Å²) in [7, 11) is 0. The first kappa shape index (κ1) is 20.0. The molecule has 158 valence electrons. The number of rotatable bonds is 6.